The molecule has 0 saturated heterocycles. The highest BCUT2D eigenvalue weighted by Crippen LogP contribution is 2.15. The number of nitrogens with one attached hydrogen (secondary N) is 1. The Morgan fingerprint density at radius 3 is 2.93 bits per heavy atom. The fourth-order valence-electron chi connectivity index (χ4n) is 1.06. The third-order valence-corrected chi connectivity index (χ3v) is 2.71. The lowest BCUT2D eigenvalue weighted by Gasteiger charge is -2.04. The van der Waals surface area contributed by atoms with Crippen molar-refractivity contribution in [1.82, 2.24) is 5.32 Å². The van der Waals surface area contributed by atoms with Crippen molar-refractivity contribution in [2.75, 3.05) is 18.6 Å². The maximum atomic E-state index is 13.0. The van der Waals surface area contributed by atoms with Crippen molar-refractivity contribution in [3.05, 3.63) is 34.6 Å². The summed E-state index contributed by atoms with van der Waals surface area (Å²) in [6, 6.07) is 4.88. The van der Waals surface area contributed by atoms with E-state index in [2.05, 4.69) is 11.6 Å². The monoisotopic (exact) mass is 233 g/mol. The molecule has 0 spiro atoms. The lowest BCUT2D eigenvalue weighted by Crippen LogP contribution is -2.16. The summed E-state index contributed by atoms with van der Waals surface area (Å²) in [7, 11) is 0. The van der Waals surface area contributed by atoms with Crippen LogP contribution in [0.15, 0.2) is 18.2 Å². The molecule has 0 bridgehead atoms. The van der Waals surface area contributed by atoms with Gasteiger partial charge in [-0.25, -0.2) is 4.39 Å². The molecule has 14 heavy (non-hydrogen) atoms. The molecule has 0 amide bonds. The van der Waals surface area contributed by atoms with E-state index in [0.29, 0.717) is 6.54 Å². The molecule has 78 valence electrons. The summed E-state index contributed by atoms with van der Waals surface area (Å²) in [5.41, 5.74) is 0.924. The minimum Gasteiger partial charge on any atom is -0.312 e. The molecule has 1 nitrogen and oxygen atoms in total. The van der Waals surface area contributed by atoms with Crippen molar-refractivity contribution in [1.29, 1.82) is 0 Å². The first-order valence-corrected chi connectivity index (χ1v) is 6.15. The number of hydrogen-bond donors (Lipinski definition) is 1. The van der Waals surface area contributed by atoms with Crippen LogP contribution in [0.3, 0.4) is 0 Å². The van der Waals surface area contributed by atoms with Crippen LogP contribution in [0.5, 0.6) is 0 Å². The van der Waals surface area contributed by atoms with Crippen molar-refractivity contribution < 1.29 is 4.39 Å². The smallest absolute Gasteiger partial charge is 0.142 e. The van der Waals surface area contributed by atoms with Gasteiger partial charge in [-0.1, -0.05) is 17.7 Å². The summed E-state index contributed by atoms with van der Waals surface area (Å²) < 4.78 is 13.0. The summed E-state index contributed by atoms with van der Waals surface area (Å²) in [4.78, 5) is 0. The molecular formula is C10H13ClFNS. The Morgan fingerprint density at radius 2 is 2.29 bits per heavy atom. The van der Waals surface area contributed by atoms with Gasteiger partial charge < -0.3 is 5.32 Å². The maximum absolute atomic E-state index is 13.0. The van der Waals surface area contributed by atoms with Crippen LogP contribution in [0.4, 0.5) is 4.39 Å². The minimum absolute atomic E-state index is 0.179. The van der Waals surface area contributed by atoms with Gasteiger partial charge in [-0.05, 0) is 24.0 Å². The van der Waals surface area contributed by atoms with Gasteiger partial charge in [0.15, 0.2) is 0 Å². The topological polar surface area (TPSA) is 12.0 Å². The van der Waals surface area contributed by atoms with Gasteiger partial charge in [-0.3, -0.25) is 0 Å². The average Bonchev–Trinajstić information content (AvgIpc) is 2.18. The summed E-state index contributed by atoms with van der Waals surface area (Å²) in [5, 5.41) is 3.40. The van der Waals surface area contributed by atoms with Crippen LogP contribution in [0.25, 0.3) is 0 Å². The van der Waals surface area contributed by atoms with Crippen LogP contribution < -0.4 is 5.32 Å². The molecule has 0 heterocycles. The Balaban J connectivity index is 2.39. The zero-order chi connectivity index (χ0) is 10.4. The number of rotatable bonds is 5. The molecule has 1 aromatic carbocycles. The van der Waals surface area contributed by atoms with E-state index in [1.54, 1.807) is 17.8 Å². The van der Waals surface area contributed by atoms with Crippen LogP contribution in [-0.2, 0) is 6.54 Å². The first kappa shape index (κ1) is 11.8. The standard InChI is InChI=1S/C10H13ClFNS/c1-14-5-4-13-7-8-2-3-9(11)10(12)6-8/h2-3,6,13H,4-5,7H2,1H3. The van der Waals surface area contributed by atoms with Crippen molar-refractivity contribution in [3.63, 3.8) is 0 Å². The van der Waals surface area contributed by atoms with Gasteiger partial charge in [0.25, 0.3) is 0 Å². The van der Waals surface area contributed by atoms with Crippen molar-refractivity contribution in [3.8, 4) is 0 Å². The fraction of sp³-hybridized carbons (Fsp3) is 0.400. The Hall–Kier alpha value is -0.250. The van der Waals surface area contributed by atoms with E-state index < -0.39 is 0 Å². The first-order valence-electron chi connectivity index (χ1n) is 4.37. The van der Waals surface area contributed by atoms with Gasteiger partial charge in [0.2, 0.25) is 0 Å². The molecule has 0 aliphatic carbocycles. The van der Waals surface area contributed by atoms with Gasteiger partial charge in [-0.2, -0.15) is 11.8 Å². The SMILES string of the molecule is CSCCNCc1ccc(Cl)c(F)c1. The summed E-state index contributed by atoms with van der Waals surface area (Å²) in [6.07, 6.45) is 2.06. The molecule has 0 radical (unpaired) electrons. The summed E-state index contributed by atoms with van der Waals surface area (Å²) >= 11 is 7.35. The second kappa shape index (κ2) is 6.27. The number of thioether (sulfide) groups is 1. The Labute approximate surface area is 93.0 Å². The highest BCUT2D eigenvalue weighted by Gasteiger charge is 1.99. The molecule has 0 aromatic heterocycles. The van der Waals surface area contributed by atoms with Gasteiger partial charge in [0.05, 0.1) is 5.02 Å². The normalized spacial score (nSPS) is 10.5. The number of hydrogen-bond acceptors (Lipinski definition) is 2. The molecule has 0 fully saturated rings. The van der Waals surface area contributed by atoms with Crippen LogP contribution in [0.1, 0.15) is 5.56 Å². The Bertz CT molecular complexity index is 293. The lowest BCUT2D eigenvalue weighted by molar-refractivity contribution is 0.622. The van der Waals surface area contributed by atoms with E-state index in [4.69, 9.17) is 11.6 Å². The van der Waals surface area contributed by atoms with Crippen LogP contribution >= 0.6 is 23.4 Å². The van der Waals surface area contributed by atoms with Gasteiger partial charge in [0, 0.05) is 18.8 Å². The maximum Gasteiger partial charge on any atom is 0.142 e. The number of benzene rings is 1. The van der Waals surface area contributed by atoms with Gasteiger partial charge >= 0.3 is 0 Å². The third-order valence-electron chi connectivity index (χ3n) is 1.80. The van der Waals surface area contributed by atoms with E-state index in [1.165, 1.54) is 6.07 Å². The Morgan fingerprint density at radius 1 is 1.50 bits per heavy atom. The zero-order valence-corrected chi connectivity index (χ0v) is 9.59. The highest BCUT2D eigenvalue weighted by molar-refractivity contribution is 7.98. The molecule has 4 heteroatoms. The predicted molar refractivity (Wildman–Crippen MR) is 61.5 cm³/mol. The third kappa shape index (κ3) is 3.86. The molecule has 1 N–H and O–H groups in total. The fourth-order valence-corrected chi connectivity index (χ4v) is 1.52. The largest absolute Gasteiger partial charge is 0.312 e. The quantitative estimate of drug-likeness (QED) is 0.785. The first-order chi connectivity index (χ1) is 6.74. The second-order valence-corrected chi connectivity index (χ2v) is 4.31. The van der Waals surface area contributed by atoms with Gasteiger partial charge in [0.1, 0.15) is 5.82 Å². The van der Waals surface area contributed by atoms with Crippen LogP contribution in [0.2, 0.25) is 5.02 Å². The van der Waals surface area contributed by atoms with E-state index in [0.717, 1.165) is 17.9 Å². The zero-order valence-electron chi connectivity index (χ0n) is 8.02. The van der Waals surface area contributed by atoms with E-state index >= 15 is 0 Å². The number of halogens is 2. The second-order valence-electron chi connectivity index (χ2n) is 2.92. The summed E-state index contributed by atoms with van der Waals surface area (Å²) in [6.45, 7) is 1.63. The molecular weight excluding hydrogens is 221 g/mol. The molecule has 0 unspecified atom stereocenters. The molecule has 1 rings (SSSR count). The minimum atomic E-state index is -0.351. The molecule has 0 aliphatic rings. The van der Waals surface area contributed by atoms with Crippen LogP contribution in [-0.4, -0.2) is 18.6 Å². The van der Waals surface area contributed by atoms with E-state index in [1.807, 2.05) is 6.07 Å². The molecule has 1 aromatic rings. The van der Waals surface area contributed by atoms with Gasteiger partial charge in [-0.15, -0.1) is 0 Å². The molecule has 0 saturated carbocycles. The van der Waals surface area contributed by atoms with E-state index in [-0.39, 0.29) is 10.8 Å². The lowest BCUT2D eigenvalue weighted by atomic mass is 10.2. The van der Waals surface area contributed by atoms with Crippen molar-refractivity contribution in [2.24, 2.45) is 0 Å². The predicted octanol–water partition coefficient (Wildman–Crippen LogP) is 2.93. The van der Waals surface area contributed by atoms with Crippen LogP contribution in [0, 0.1) is 5.82 Å². The van der Waals surface area contributed by atoms with E-state index in [9.17, 15) is 4.39 Å². The van der Waals surface area contributed by atoms with Crippen molar-refractivity contribution >= 4 is 23.4 Å². The molecule has 0 aliphatic heterocycles. The Kier molecular flexibility index (Phi) is 5.30. The summed E-state index contributed by atoms with van der Waals surface area (Å²) in [5.74, 6) is 0.714. The highest BCUT2D eigenvalue weighted by atomic mass is 35.5. The average molecular weight is 234 g/mol. The van der Waals surface area contributed by atoms with Crippen molar-refractivity contribution in [2.45, 2.75) is 6.54 Å². The molecule has 0 atom stereocenters.